The van der Waals surface area contributed by atoms with Crippen LogP contribution in [0, 0.1) is 0 Å². The largest absolute Gasteiger partial charge is 0.508 e. The van der Waals surface area contributed by atoms with Crippen molar-refractivity contribution in [2.24, 2.45) is 0 Å². The minimum absolute atomic E-state index is 0.0576. The molecule has 0 bridgehead atoms. The predicted molar refractivity (Wildman–Crippen MR) is 75.4 cm³/mol. The molecule has 1 rings (SSSR count). The lowest BCUT2D eigenvalue weighted by Crippen LogP contribution is -2.34. The highest BCUT2D eigenvalue weighted by molar-refractivity contribution is 7.90. The first-order chi connectivity index (χ1) is 8.73. The van der Waals surface area contributed by atoms with Crippen molar-refractivity contribution in [2.75, 3.05) is 19.1 Å². The van der Waals surface area contributed by atoms with Gasteiger partial charge in [0.1, 0.15) is 21.3 Å². The van der Waals surface area contributed by atoms with Crippen LogP contribution >= 0.6 is 0 Å². The standard InChI is InChI=1S/C13H21NO4S/c1-9(8-19(4,16)17)14-10(2)12-7-11(18-3)5-6-13(12)15/h5-7,9-10,14-15H,8H2,1-4H3. The van der Waals surface area contributed by atoms with E-state index in [0.29, 0.717) is 11.3 Å². The number of aromatic hydroxyl groups is 1. The molecule has 108 valence electrons. The van der Waals surface area contributed by atoms with Gasteiger partial charge in [0.15, 0.2) is 0 Å². The van der Waals surface area contributed by atoms with Crippen LogP contribution in [0.4, 0.5) is 0 Å². The summed E-state index contributed by atoms with van der Waals surface area (Å²) in [5.74, 6) is 0.867. The Hall–Kier alpha value is -1.27. The maximum absolute atomic E-state index is 11.2. The zero-order valence-electron chi connectivity index (χ0n) is 11.7. The number of methoxy groups -OCH3 is 1. The van der Waals surface area contributed by atoms with E-state index >= 15 is 0 Å². The van der Waals surface area contributed by atoms with E-state index in [9.17, 15) is 13.5 Å². The molecular formula is C13H21NO4S. The van der Waals surface area contributed by atoms with Gasteiger partial charge in [-0.3, -0.25) is 0 Å². The second-order valence-electron chi connectivity index (χ2n) is 4.81. The molecule has 0 saturated carbocycles. The van der Waals surface area contributed by atoms with Crippen LogP contribution in [0.5, 0.6) is 11.5 Å². The van der Waals surface area contributed by atoms with Crippen molar-refractivity contribution >= 4 is 9.84 Å². The molecule has 0 aliphatic rings. The Kier molecular flexibility index (Phi) is 5.20. The van der Waals surface area contributed by atoms with Gasteiger partial charge in [-0.1, -0.05) is 0 Å². The van der Waals surface area contributed by atoms with E-state index in [-0.39, 0.29) is 23.6 Å². The number of phenols is 1. The summed E-state index contributed by atoms with van der Waals surface area (Å²) in [6, 6.07) is 4.60. The average molecular weight is 287 g/mol. The molecule has 0 amide bonds. The number of rotatable bonds is 6. The molecule has 0 heterocycles. The third-order valence-corrected chi connectivity index (χ3v) is 3.89. The highest BCUT2D eigenvalue weighted by Crippen LogP contribution is 2.28. The van der Waals surface area contributed by atoms with Crippen molar-refractivity contribution in [1.82, 2.24) is 5.32 Å². The number of hydrogen-bond donors (Lipinski definition) is 2. The normalized spacial score (nSPS) is 14.9. The van der Waals surface area contributed by atoms with Crippen LogP contribution in [-0.4, -0.2) is 38.7 Å². The predicted octanol–water partition coefficient (Wildman–Crippen LogP) is 1.48. The summed E-state index contributed by atoms with van der Waals surface area (Å²) in [5, 5.41) is 13.0. The molecule has 1 aromatic carbocycles. The second kappa shape index (κ2) is 6.25. The topological polar surface area (TPSA) is 75.6 Å². The van der Waals surface area contributed by atoms with E-state index in [1.807, 2.05) is 6.92 Å². The molecule has 2 N–H and O–H groups in total. The van der Waals surface area contributed by atoms with Crippen molar-refractivity contribution in [3.8, 4) is 11.5 Å². The van der Waals surface area contributed by atoms with Crippen LogP contribution in [0.3, 0.4) is 0 Å². The number of sulfone groups is 1. The van der Waals surface area contributed by atoms with Gasteiger partial charge in [-0.2, -0.15) is 0 Å². The van der Waals surface area contributed by atoms with Gasteiger partial charge in [0, 0.05) is 23.9 Å². The van der Waals surface area contributed by atoms with Gasteiger partial charge in [-0.25, -0.2) is 8.42 Å². The van der Waals surface area contributed by atoms with Gasteiger partial charge in [0.05, 0.1) is 12.9 Å². The average Bonchev–Trinajstić information content (AvgIpc) is 2.26. The number of benzene rings is 1. The lowest BCUT2D eigenvalue weighted by Gasteiger charge is -2.21. The number of nitrogens with one attached hydrogen (secondary N) is 1. The van der Waals surface area contributed by atoms with E-state index < -0.39 is 9.84 Å². The Morgan fingerprint density at radius 1 is 1.37 bits per heavy atom. The van der Waals surface area contributed by atoms with Crippen LogP contribution in [0.2, 0.25) is 0 Å². The van der Waals surface area contributed by atoms with Crippen LogP contribution in [-0.2, 0) is 9.84 Å². The van der Waals surface area contributed by atoms with Gasteiger partial charge in [0.25, 0.3) is 0 Å². The van der Waals surface area contributed by atoms with Crippen LogP contribution < -0.4 is 10.1 Å². The van der Waals surface area contributed by atoms with Crippen molar-refractivity contribution in [3.63, 3.8) is 0 Å². The van der Waals surface area contributed by atoms with Crippen molar-refractivity contribution in [1.29, 1.82) is 0 Å². The summed E-state index contributed by atoms with van der Waals surface area (Å²) in [6.45, 7) is 3.67. The molecule has 0 aromatic heterocycles. The molecule has 0 aliphatic heterocycles. The zero-order valence-corrected chi connectivity index (χ0v) is 12.5. The first-order valence-electron chi connectivity index (χ1n) is 6.03. The molecular weight excluding hydrogens is 266 g/mol. The maximum atomic E-state index is 11.2. The van der Waals surface area contributed by atoms with Crippen LogP contribution in [0.25, 0.3) is 0 Å². The van der Waals surface area contributed by atoms with Crippen LogP contribution in [0.15, 0.2) is 18.2 Å². The fourth-order valence-electron chi connectivity index (χ4n) is 2.03. The van der Waals surface area contributed by atoms with Crippen molar-refractivity contribution in [2.45, 2.75) is 25.9 Å². The molecule has 5 nitrogen and oxygen atoms in total. The second-order valence-corrected chi connectivity index (χ2v) is 6.99. The molecule has 0 fully saturated rings. The third kappa shape index (κ3) is 5.08. The minimum atomic E-state index is -3.02. The number of phenolic OH excluding ortho intramolecular Hbond substituents is 1. The van der Waals surface area contributed by atoms with Crippen molar-refractivity contribution in [3.05, 3.63) is 23.8 Å². The number of ether oxygens (including phenoxy) is 1. The van der Waals surface area contributed by atoms with Gasteiger partial charge in [0.2, 0.25) is 0 Å². The smallest absolute Gasteiger partial charge is 0.148 e. The maximum Gasteiger partial charge on any atom is 0.148 e. The fourth-order valence-corrected chi connectivity index (χ4v) is 3.03. The van der Waals surface area contributed by atoms with E-state index in [1.54, 1.807) is 32.2 Å². The molecule has 0 aliphatic carbocycles. The lowest BCUT2D eigenvalue weighted by molar-refractivity contribution is 0.405. The molecule has 6 heteroatoms. The summed E-state index contributed by atoms with van der Waals surface area (Å²) in [4.78, 5) is 0. The Morgan fingerprint density at radius 2 is 2.00 bits per heavy atom. The van der Waals surface area contributed by atoms with Gasteiger partial charge >= 0.3 is 0 Å². The summed E-state index contributed by atoms with van der Waals surface area (Å²) in [7, 11) is -1.47. The third-order valence-electron chi connectivity index (χ3n) is 2.79. The zero-order chi connectivity index (χ0) is 14.6. The van der Waals surface area contributed by atoms with E-state index in [4.69, 9.17) is 4.74 Å². The molecule has 2 atom stereocenters. The monoisotopic (exact) mass is 287 g/mol. The van der Waals surface area contributed by atoms with Crippen LogP contribution in [0.1, 0.15) is 25.5 Å². The first-order valence-corrected chi connectivity index (χ1v) is 8.09. The highest BCUT2D eigenvalue weighted by atomic mass is 32.2. The van der Waals surface area contributed by atoms with Crippen molar-refractivity contribution < 1.29 is 18.3 Å². The minimum Gasteiger partial charge on any atom is -0.508 e. The van der Waals surface area contributed by atoms with Gasteiger partial charge in [-0.15, -0.1) is 0 Å². The van der Waals surface area contributed by atoms with Gasteiger partial charge in [-0.05, 0) is 32.0 Å². The SMILES string of the molecule is COc1ccc(O)c(C(C)NC(C)CS(C)(=O)=O)c1. The van der Waals surface area contributed by atoms with E-state index in [0.717, 1.165) is 0 Å². The fraction of sp³-hybridized carbons (Fsp3) is 0.538. The van der Waals surface area contributed by atoms with Gasteiger partial charge < -0.3 is 15.2 Å². The molecule has 2 unspecified atom stereocenters. The highest BCUT2D eigenvalue weighted by Gasteiger charge is 2.16. The quantitative estimate of drug-likeness (QED) is 0.829. The molecule has 0 saturated heterocycles. The Bertz CT molecular complexity index is 527. The molecule has 0 spiro atoms. The molecule has 1 aromatic rings. The summed E-state index contributed by atoms with van der Waals surface area (Å²) < 4.78 is 27.5. The van der Waals surface area contributed by atoms with E-state index in [2.05, 4.69) is 5.32 Å². The Labute approximate surface area is 114 Å². The number of hydrogen-bond acceptors (Lipinski definition) is 5. The summed E-state index contributed by atoms with van der Waals surface area (Å²) in [6.07, 6.45) is 1.21. The Balaban J connectivity index is 2.80. The van der Waals surface area contributed by atoms with E-state index in [1.165, 1.54) is 6.26 Å². The molecule has 19 heavy (non-hydrogen) atoms. The summed E-state index contributed by atoms with van der Waals surface area (Å²) >= 11 is 0. The summed E-state index contributed by atoms with van der Waals surface area (Å²) in [5.41, 5.74) is 0.680. The first kappa shape index (κ1) is 15.8. The lowest BCUT2D eigenvalue weighted by atomic mass is 10.1. The molecule has 0 radical (unpaired) electrons. The Morgan fingerprint density at radius 3 is 2.53 bits per heavy atom.